The van der Waals surface area contributed by atoms with Crippen LogP contribution >= 0.6 is 11.9 Å². The van der Waals surface area contributed by atoms with Crippen molar-refractivity contribution in [1.29, 1.82) is 5.26 Å². The molecule has 9 heteroatoms. The van der Waals surface area contributed by atoms with Crippen molar-refractivity contribution in [1.82, 2.24) is 14.7 Å². The van der Waals surface area contributed by atoms with E-state index in [1.54, 1.807) is 12.4 Å². The number of carbonyl (C=O) groups is 1. The molecule has 1 aliphatic heterocycles. The second kappa shape index (κ2) is 10.6. The summed E-state index contributed by atoms with van der Waals surface area (Å²) in [5.41, 5.74) is 3.25. The van der Waals surface area contributed by atoms with Gasteiger partial charge in [0.15, 0.2) is 0 Å². The maximum atomic E-state index is 12.9. The summed E-state index contributed by atoms with van der Waals surface area (Å²) >= 11 is 1.34. The van der Waals surface area contributed by atoms with Crippen molar-refractivity contribution in [3.63, 3.8) is 0 Å². The van der Waals surface area contributed by atoms with E-state index in [2.05, 4.69) is 57.0 Å². The van der Waals surface area contributed by atoms with Gasteiger partial charge < -0.3 is 15.0 Å². The molecule has 1 aromatic heterocycles. The van der Waals surface area contributed by atoms with E-state index in [9.17, 15) is 4.79 Å². The standard InChI is InChI=1S/C25H32N6O2S/c1-17(2)16-31(20-6-10-33-11-7-20)22-5-4-18(25(8-9-25)24(32)30-34-3)12-21(22)29-19-14-27-23(13-26)28-15-19/h4-5,12,14-15,17,20,29H,6-11,16H2,1-3H3,(H,30,32). The summed E-state index contributed by atoms with van der Waals surface area (Å²) in [6.45, 7) is 6.91. The average Bonchev–Trinajstić information content (AvgIpc) is 3.66. The minimum atomic E-state index is -0.472. The third-order valence-corrected chi connectivity index (χ3v) is 6.85. The zero-order valence-corrected chi connectivity index (χ0v) is 20.8. The van der Waals surface area contributed by atoms with Gasteiger partial charge in [0.25, 0.3) is 0 Å². The number of carbonyl (C=O) groups excluding carboxylic acids is 1. The number of ether oxygens (including phenoxy) is 1. The minimum absolute atomic E-state index is 0.0591. The van der Waals surface area contributed by atoms with Crippen LogP contribution in [0.15, 0.2) is 30.6 Å². The average molecular weight is 481 g/mol. The quantitative estimate of drug-likeness (QED) is 0.516. The summed E-state index contributed by atoms with van der Waals surface area (Å²) in [6, 6.07) is 8.70. The Kier molecular flexibility index (Phi) is 7.59. The predicted octanol–water partition coefficient (Wildman–Crippen LogP) is 4.16. The van der Waals surface area contributed by atoms with Gasteiger partial charge in [-0.1, -0.05) is 31.9 Å². The van der Waals surface area contributed by atoms with Crippen molar-refractivity contribution in [2.45, 2.75) is 51.0 Å². The van der Waals surface area contributed by atoms with Crippen LogP contribution in [0.5, 0.6) is 0 Å². The van der Waals surface area contributed by atoms with Gasteiger partial charge in [0.05, 0.1) is 34.9 Å². The molecule has 2 N–H and O–H groups in total. The van der Waals surface area contributed by atoms with Gasteiger partial charge in [-0.15, -0.1) is 0 Å². The number of benzene rings is 1. The Hall–Kier alpha value is -2.83. The molecule has 0 spiro atoms. The molecule has 0 radical (unpaired) electrons. The third-order valence-electron chi connectivity index (χ3n) is 6.46. The summed E-state index contributed by atoms with van der Waals surface area (Å²) < 4.78 is 8.55. The highest BCUT2D eigenvalue weighted by atomic mass is 32.2. The first-order valence-corrected chi connectivity index (χ1v) is 13.0. The number of rotatable bonds is 9. The van der Waals surface area contributed by atoms with Gasteiger partial charge in [0.2, 0.25) is 11.7 Å². The van der Waals surface area contributed by atoms with Crippen LogP contribution in [0.25, 0.3) is 0 Å². The van der Waals surface area contributed by atoms with Crippen LogP contribution in [0.4, 0.5) is 17.1 Å². The maximum absolute atomic E-state index is 12.9. The fraction of sp³-hybridized carbons (Fsp3) is 0.520. The molecular weight excluding hydrogens is 448 g/mol. The summed E-state index contributed by atoms with van der Waals surface area (Å²) in [6.07, 6.45) is 8.75. The Bertz CT molecular complexity index is 1040. The van der Waals surface area contributed by atoms with E-state index in [1.165, 1.54) is 11.9 Å². The van der Waals surface area contributed by atoms with Crippen molar-refractivity contribution in [2.24, 2.45) is 5.92 Å². The van der Waals surface area contributed by atoms with Crippen molar-refractivity contribution < 1.29 is 9.53 Å². The van der Waals surface area contributed by atoms with Crippen molar-refractivity contribution in [2.75, 3.05) is 36.2 Å². The fourth-order valence-corrected chi connectivity index (χ4v) is 4.97. The lowest BCUT2D eigenvalue weighted by atomic mass is 9.93. The van der Waals surface area contributed by atoms with Gasteiger partial charge in [-0.3, -0.25) is 9.52 Å². The normalized spacial score (nSPS) is 17.1. The van der Waals surface area contributed by atoms with Gasteiger partial charge in [-0.2, -0.15) is 5.26 Å². The van der Waals surface area contributed by atoms with Crippen LogP contribution < -0.4 is 14.9 Å². The number of nitriles is 1. The first-order valence-electron chi connectivity index (χ1n) is 11.8. The van der Waals surface area contributed by atoms with E-state index < -0.39 is 5.41 Å². The monoisotopic (exact) mass is 480 g/mol. The van der Waals surface area contributed by atoms with E-state index in [0.717, 1.165) is 62.4 Å². The lowest BCUT2D eigenvalue weighted by Gasteiger charge is -2.38. The molecule has 1 saturated carbocycles. The van der Waals surface area contributed by atoms with E-state index in [1.807, 2.05) is 12.3 Å². The Morgan fingerprint density at radius 1 is 1.29 bits per heavy atom. The SMILES string of the molecule is CSNC(=O)C1(c2ccc(N(CC(C)C)C3CCOCC3)c(Nc3cnc(C#N)nc3)c2)CC1. The highest BCUT2D eigenvalue weighted by Crippen LogP contribution is 2.50. The Morgan fingerprint density at radius 3 is 2.59 bits per heavy atom. The molecule has 1 saturated heterocycles. The molecule has 4 rings (SSSR count). The smallest absolute Gasteiger partial charge is 0.240 e. The Morgan fingerprint density at radius 2 is 2.00 bits per heavy atom. The lowest BCUT2D eigenvalue weighted by molar-refractivity contribution is -0.121. The summed E-state index contributed by atoms with van der Waals surface area (Å²) in [7, 11) is 0. The molecule has 180 valence electrons. The zero-order valence-electron chi connectivity index (χ0n) is 20.0. The topological polar surface area (TPSA) is 103 Å². The predicted molar refractivity (Wildman–Crippen MR) is 135 cm³/mol. The molecule has 2 fully saturated rings. The molecule has 0 bridgehead atoms. The molecule has 1 aromatic carbocycles. The van der Waals surface area contributed by atoms with Gasteiger partial charge in [0, 0.05) is 32.1 Å². The minimum Gasteiger partial charge on any atom is -0.381 e. The number of hydrogen-bond acceptors (Lipinski definition) is 8. The lowest BCUT2D eigenvalue weighted by Crippen LogP contribution is -2.42. The van der Waals surface area contributed by atoms with Crippen molar-refractivity contribution in [3.05, 3.63) is 42.0 Å². The Balaban J connectivity index is 1.74. The fourth-order valence-electron chi connectivity index (χ4n) is 4.59. The van der Waals surface area contributed by atoms with E-state index in [4.69, 9.17) is 10.00 Å². The highest BCUT2D eigenvalue weighted by molar-refractivity contribution is 7.97. The largest absolute Gasteiger partial charge is 0.381 e. The first kappa shape index (κ1) is 24.3. The number of aromatic nitrogens is 2. The van der Waals surface area contributed by atoms with Gasteiger partial charge in [0.1, 0.15) is 6.07 Å². The molecule has 1 amide bonds. The highest BCUT2D eigenvalue weighted by Gasteiger charge is 2.51. The molecule has 0 unspecified atom stereocenters. The van der Waals surface area contributed by atoms with E-state index >= 15 is 0 Å². The van der Waals surface area contributed by atoms with Gasteiger partial charge >= 0.3 is 0 Å². The molecule has 2 aliphatic rings. The molecule has 1 aliphatic carbocycles. The third kappa shape index (κ3) is 5.29. The van der Waals surface area contributed by atoms with Crippen LogP contribution in [0, 0.1) is 17.2 Å². The molecule has 0 atom stereocenters. The van der Waals surface area contributed by atoms with Gasteiger partial charge in [-0.05, 0) is 49.3 Å². The second-order valence-corrected chi connectivity index (χ2v) is 9.98. The Labute approximate surface area is 205 Å². The van der Waals surface area contributed by atoms with E-state index in [0.29, 0.717) is 17.6 Å². The van der Waals surface area contributed by atoms with Crippen molar-refractivity contribution in [3.8, 4) is 6.07 Å². The number of nitrogens with zero attached hydrogens (tertiary/aromatic N) is 4. The molecular formula is C25H32N6O2S. The van der Waals surface area contributed by atoms with Crippen LogP contribution in [0.2, 0.25) is 0 Å². The first-order chi connectivity index (χ1) is 16.5. The van der Waals surface area contributed by atoms with E-state index in [-0.39, 0.29) is 11.7 Å². The summed E-state index contributed by atoms with van der Waals surface area (Å²) in [5, 5.41) is 12.5. The zero-order chi connectivity index (χ0) is 24.1. The second-order valence-electron chi connectivity index (χ2n) is 9.37. The molecule has 34 heavy (non-hydrogen) atoms. The summed E-state index contributed by atoms with van der Waals surface area (Å²) in [5.74, 6) is 0.674. The van der Waals surface area contributed by atoms with Crippen molar-refractivity contribution >= 4 is 34.9 Å². The number of anilines is 3. The van der Waals surface area contributed by atoms with Crippen LogP contribution in [-0.4, -0.2) is 47.9 Å². The van der Waals surface area contributed by atoms with Crippen LogP contribution in [0.3, 0.4) is 0 Å². The number of amides is 1. The number of nitrogens with one attached hydrogen (secondary N) is 2. The van der Waals surface area contributed by atoms with Crippen LogP contribution in [0.1, 0.15) is 50.9 Å². The maximum Gasteiger partial charge on any atom is 0.240 e. The van der Waals surface area contributed by atoms with Gasteiger partial charge in [-0.25, -0.2) is 9.97 Å². The molecule has 2 aromatic rings. The summed E-state index contributed by atoms with van der Waals surface area (Å²) in [4.78, 5) is 23.6. The number of hydrogen-bond donors (Lipinski definition) is 2. The molecule has 8 nitrogen and oxygen atoms in total. The van der Waals surface area contributed by atoms with Crippen LogP contribution in [-0.2, 0) is 14.9 Å². The molecule has 2 heterocycles.